The fraction of sp³-hybridized carbons (Fsp3) is 0.583. The Labute approximate surface area is 120 Å². The maximum absolute atomic E-state index is 10.8. The van der Waals surface area contributed by atoms with Gasteiger partial charge in [0.25, 0.3) is 5.69 Å². The highest BCUT2D eigenvalue weighted by Gasteiger charge is 2.22. The van der Waals surface area contributed by atoms with Crippen LogP contribution in [-0.2, 0) is 0 Å². The number of aromatic nitrogens is 1. The first-order chi connectivity index (χ1) is 9.00. The van der Waals surface area contributed by atoms with Gasteiger partial charge in [0, 0.05) is 18.2 Å². The molecule has 1 aliphatic rings. The number of likely N-dealkylation sites (N-methyl/N-ethyl adjacent to an activating group) is 1. The first kappa shape index (κ1) is 14.2. The molecule has 104 valence electrons. The summed E-state index contributed by atoms with van der Waals surface area (Å²) in [4.78, 5) is 16.8. The van der Waals surface area contributed by atoms with Gasteiger partial charge in [-0.05, 0) is 49.3 Å². The van der Waals surface area contributed by atoms with Crippen LogP contribution in [0.5, 0.6) is 0 Å². The molecule has 1 atom stereocenters. The van der Waals surface area contributed by atoms with E-state index in [2.05, 4.69) is 38.2 Å². The molecule has 6 nitrogen and oxygen atoms in total. The second-order valence-corrected chi connectivity index (χ2v) is 5.64. The molecular formula is C12H17BrN4O2. The molecule has 0 aliphatic carbocycles. The topological polar surface area (TPSA) is 71.3 Å². The van der Waals surface area contributed by atoms with E-state index in [9.17, 15) is 10.1 Å². The van der Waals surface area contributed by atoms with Crippen LogP contribution in [0.4, 0.5) is 11.5 Å². The molecule has 2 rings (SSSR count). The van der Waals surface area contributed by atoms with E-state index < -0.39 is 4.92 Å². The monoisotopic (exact) mass is 328 g/mol. The Bertz CT molecular complexity index is 495. The summed E-state index contributed by atoms with van der Waals surface area (Å²) < 4.78 is 0.669. The summed E-state index contributed by atoms with van der Waals surface area (Å²) in [7, 11) is 2.11. The Morgan fingerprint density at radius 3 is 3.00 bits per heavy atom. The molecule has 1 saturated heterocycles. The summed E-state index contributed by atoms with van der Waals surface area (Å²) in [5.41, 5.74) is 0.637. The van der Waals surface area contributed by atoms with Crippen molar-refractivity contribution in [2.24, 2.45) is 0 Å². The van der Waals surface area contributed by atoms with Crippen molar-refractivity contribution in [3.63, 3.8) is 0 Å². The number of nitro groups is 1. The lowest BCUT2D eigenvalue weighted by atomic mass is 10.2. The lowest BCUT2D eigenvalue weighted by molar-refractivity contribution is -0.385. The third-order valence-corrected chi connectivity index (χ3v) is 4.58. The predicted molar refractivity (Wildman–Crippen MR) is 77.5 cm³/mol. The van der Waals surface area contributed by atoms with Gasteiger partial charge in [0.05, 0.1) is 9.40 Å². The van der Waals surface area contributed by atoms with E-state index in [1.807, 2.05) is 0 Å². The second kappa shape index (κ2) is 5.83. The summed E-state index contributed by atoms with van der Waals surface area (Å²) >= 11 is 3.38. The van der Waals surface area contributed by atoms with Crippen LogP contribution in [0.1, 0.15) is 18.4 Å². The molecule has 7 heteroatoms. The van der Waals surface area contributed by atoms with Gasteiger partial charge in [-0.1, -0.05) is 0 Å². The SMILES string of the molecule is Cc1c([N+](=O)[O-])cnc(NCC2CCCN2C)c1Br. The minimum Gasteiger partial charge on any atom is -0.368 e. The molecule has 1 unspecified atom stereocenters. The van der Waals surface area contributed by atoms with E-state index in [-0.39, 0.29) is 5.69 Å². The minimum absolute atomic E-state index is 0.0374. The number of nitrogens with zero attached hydrogens (tertiary/aromatic N) is 3. The van der Waals surface area contributed by atoms with Crippen molar-refractivity contribution < 1.29 is 4.92 Å². The molecule has 1 aromatic heterocycles. The Morgan fingerprint density at radius 1 is 1.68 bits per heavy atom. The van der Waals surface area contributed by atoms with Gasteiger partial charge in [0.15, 0.2) is 0 Å². The van der Waals surface area contributed by atoms with E-state index >= 15 is 0 Å². The van der Waals surface area contributed by atoms with Crippen LogP contribution in [0.3, 0.4) is 0 Å². The van der Waals surface area contributed by atoms with Crippen LogP contribution in [0, 0.1) is 17.0 Å². The van der Waals surface area contributed by atoms with Crippen molar-refractivity contribution in [3.8, 4) is 0 Å². The molecule has 1 fully saturated rings. The second-order valence-electron chi connectivity index (χ2n) is 4.85. The molecule has 0 spiro atoms. The Kier molecular flexibility index (Phi) is 4.36. The normalized spacial score (nSPS) is 19.6. The predicted octanol–water partition coefficient (Wildman–Crippen LogP) is 2.57. The minimum atomic E-state index is -0.415. The zero-order valence-corrected chi connectivity index (χ0v) is 12.6. The quantitative estimate of drug-likeness (QED) is 0.679. The summed E-state index contributed by atoms with van der Waals surface area (Å²) in [5.74, 6) is 0.670. The summed E-state index contributed by atoms with van der Waals surface area (Å²) in [6.07, 6.45) is 3.70. The highest BCUT2D eigenvalue weighted by Crippen LogP contribution is 2.30. The number of rotatable bonds is 4. The van der Waals surface area contributed by atoms with Crippen molar-refractivity contribution in [1.29, 1.82) is 0 Å². The van der Waals surface area contributed by atoms with E-state index in [1.165, 1.54) is 19.0 Å². The molecule has 1 N–H and O–H groups in total. The van der Waals surface area contributed by atoms with Crippen LogP contribution < -0.4 is 5.32 Å². The van der Waals surface area contributed by atoms with Gasteiger partial charge in [-0.2, -0.15) is 0 Å². The summed E-state index contributed by atoms with van der Waals surface area (Å²) in [6, 6.07) is 0.504. The number of halogens is 1. The molecule has 0 radical (unpaired) electrons. The van der Waals surface area contributed by atoms with Crippen molar-refractivity contribution in [3.05, 3.63) is 26.3 Å². The average Bonchev–Trinajstić information content (AvgIpc) is 2.76. The zero-order valence-electron chi connectivity index (χ0n) is 11.0. The van der Waals surface area contributed by atoms with Crippen molar-refractivity contribution >= 4 is 27.4 Å². The first-order valence-corrected chi connectivity index (χ1v) is 7.03. The van der Waals surface area contributed by atoms with E-state index in [0.717, 1.165) is 13.1 Å². The third kappa shape index (κ3) is 3.03. The lowest BCUT2D eigenvalue weighted by Crippen LogP contribution is -2.31. The van der Waals surface area contributed by atoms with Crippen LogP contribution in [-0.4, -0.2) is 41.0 Å². The van der Waals surface area contributed by atoms with Crippen molar-refractivity contribution in [1.82, 2.24) is 9.88 Å². The fourth-order valence-electron chi connectivity index (χ4n) is 2.33. The van der Waals surface area contributed by atoms with Crippen LogP contribution in [0.15, 0.2) is 10.7 Å². The van der Waals surface area contributed by atoms with E-state index in [0.29, 0.717) is 21.9 Å². The number of likely N-dealkylation sites (tertiary alicyclic amines) is 1. The number of pyridine rings is 1. The van der Waals surface area contributed by atoms with Gasteiger partial charge in [-0.25, -0.2) is 4.98 Å². The lowest BCUT2D eigenvalue weighted by Gasteiger charge is -2.20. The average molecular weight is 329 g/mol. The number of anilines is 1. The number of hydrogen-bond donors (Lipinski definition) is 1. The third-order valence-electron chi connectivity index (χ3n) is 3.61. The smallest absolute Gasteiger partial charge is 0.291 e. The molecule has 1 aliphatic heterocycles. The van der Waals surface area contributed by atoms with Gasteiger partial charge < -0.3 is 10.2 Å². The van der Waals surface area contributed by atoms with Crippen LogP contribution in [0.2, 0.25) is 0 Å². The molecule has 0 bridgehead atoms. The van der Waals surface area contributed by atoms with Gasteiger partial charge in [-0.3, -0.25) is 10.1 Å². The Morgan fingerprint density at radius 2 is 2.42 bits per heavy atom. The first-order valence-electron chi connectivity index (χ1n) is 6.24. The number of nitrogens with one attached hydrogen (secondary N) is 1. The van der Waals surface area contributed by atoms with E-state index in [4.69, 9.17) is 0 Å². The zero-order chi connectivity index (χ0) is 14.0. The van der Waals surface area contributed by atoms with Crippen molar-refractivity contribution in [2.75, 3.05) is 25.5 Å². The van der Waals surface area contributed by atoms with Gasteiger partial charge in [-0.15, -0.1) is 0 Å². The molecule has 0 aromatic carbocycles. The summed E-state index contributed by atoms with van der Waals surface area (Å²) in [5, 5.41) is 14.1. The maximum atomic E-state index is 10.8. The van der Waals surface area contributed by atoms with Crippen LogP contribution >= 0.6 is 15.9 Å². The highest BCUT2D eigenvalue weighted by atomic mass is 79.9. The van der Waals surface area contributed by atoms with Crippen LogP contribution in [0.25, 0.3) is 0 Å². The maximum Gasteiger partial charge on any atom is 0.291 e. The molecule has 19 heavy (non-hydrogen) atoms. The van der Waals surface area contributed by atoms with Crippen molar-refractivity contribution in [2.45, 2.75) is 25.8 Å². The Balaban J connectivity index is 2.09. The molecule has 0 saturated carbocycles. The molecule has 2 heterocycles. The fourth-order valence-corrected chi connectivity index (χ4v) is 2.77. The molecule has 1 aromatic rings. The Hall–Kier alpha value is -1.21. The molecular weight excluding hydrogens is 312 g/mol. The number of hydrogen-bond acceptors (Lipinski definition) is 5. The van der Waals surface area contributed by atoms with Gasteiger partial charge in [0.2, 0.25) is 0 Å². The van der Waals surface area contributed by atoms with E-state index in [1.54, 1.807) is 6.92 Å². The molecule has 0 amide bonds. The highest BCUT2D eigenvalue weighted by molar-refractivity contribution is 9.10. The largest absolute Gasteiger partial charge is 0.368 e. The summed E-state index contributed by atoms with van der Waals surface area (Å²) in [6.45, 7) is 3.65. The standard InChI is InChI=1S/C12H17BrN4O2/c1-8-10(17(18)19)7-15-12(11(8)13)14-6-9-4-3-5-16(9)2/h7,9H,3-6H2,1-2H3,(H,14,15). The van der Waals surface area contributed by atoms with Gasteiger partial charge in [0.1, 0.15) is 12.0 Å². The van der Waals surface area contributed by atoms with Gasteiger partial charge >= 0.3 is 0 Å².